The molecule has 0 amide bonds. The standard InChI is InChI=1S/C46H39N5O.Pt/c1-26(2)28-10-16-40-38(21-28)36-8-7-17-48-44(36)51(40)32-12-14-35-37-18-27(3)9-15-39(37)50(41(35)23-32)33-20-30(24-47-25-33)45-49-43-34-13-11-31(46(4,5)6)19-29(34)22-42(43)52-45;/h7-19,21,24-26,42-43H,22H2,1-6H3;/q-2;+2/t42-,43+;/m0./s1. The Morgan fingerprint density at radius 1 is 0.811 bits per heavy atom. The largest absolute Gasteiger partial charge is 2.00 e. The molecule has 10 rings (SSSR count). The van der Waals surface area contributed by atoms with E-state index in [1.54, 1.807) is 0 Å². The number of pyridine rings is 2. The molecule has 7 heteroatoms. The average molecular weight is 873 g/mol. The molecule has 0 fully saturated rings. The fourth-order valence-electron chi connectivity index (χ4n) is 8.26. The monoisotopic (exact) mass is 872 g/mol. The Labute approximate surface area is 323 Å². The Kier molecular flexibility index (Phi) is 7.80. The Morgan fingerprint density at radius 2 is 1.62 bits per heavy atom. The Balaban J connectivity index is 0.00000372. The van der Waals surface area contributed by atoms with Crippen LogP contribution in [0.3, 0.4) is 0 Å². The zero-order valence-corrected chi connectivity index (χ0v) is 32.9. The van der Waals surface area contributed by atoms with Crippen LogP contribution < -0.4 is 0 Å². The van der Waals surface area contributed by atoms with Crippen LogP contribution in [0.25, 0.3) is 55.1 Å². The molecule has 4 aromatic carbocycles. The molecule has 0 saturated heterocycles. The molecular weight excluding hydrogens is 834 g/mol. The van der Waals surface area contributed by atoms with E-state index in [9.17, 15) is 0 Å². The molecule has 8 aromatic rings. The molecular formula is C46H39N5OPt. The molecule has 2 aliphatic rings. The SMILES string of the molecule is Cc1ccc2c(c1)c1ccc(-n3c4ccc(C(C)C)cc4c4cccnc43)[c-]c1n2-c1[c-]c(C2=N[C@@H]3c4ccc(C(C)(C)C)cc4C[C@@H]3O2)cnc1.[Pt+2]. The van der Waals surface area contributed by atoms with Crippen molar-refractivity contribution in [1.29, 1.82) is 0 Å². The minimum absolute atomic E-state index is 0. The van der Waals surface area contributed by atoms with Crippen LogP contribution in [0.2, 0.25) is 0 Å². The van der Waals surface area contributed by atoms with Crippen LogP contribution >= 0.6 is 0 Å². The maximum atomic E-state index is 6.57. The van der Waals surface area contributed by atoms with E-state index >= 15 is 0 Å². The zero-order chi connectivity index (χ0) is 35.5. The van der Waals surface area contributed by atoms with Gasteiger partial charge in [-0.2, -0.15) is 6.07 Å². The van der Waals surface area contributed by atoms with Gasteiger partial charge in [-0.15, -0.1) is 23.6 Å². The number of nitrogens with zero attached hydrogens (tertiary/aromatic N) is 5. The number of hydrogen-bond donors (Lipinski definition) is 0. The molecule has 0 N–H and O–H groups in total. The van der Waals surface area contributed by atoms with E-state index in [0.29, 0.717) is 11.8 Å². The summed E-state index contributed by atoms with van der Waals surface area (Å²) < 4.78 is 11.0. The minimum Gasteiger partial charge on any atom is -0.514 e. The van der Waals surface area contributed by atoms with Gasteiger partial charge in [0.2, 0.25) is 0 Å². The van der Waals surface area contributed by atoms with Gasteiger partial charge < -0.3 is 18.9 Å². The first-order chi connectivity index (χ1) is 25.1. The molecule has 4 aromatic heterocycles. The van der Waals surface area contributed by atoms with Gasteiger partial charge in [0.25, 0.3) is 0 Å². The molecule has 1 aliphatic heterocycles. The quantitative estimate of drug-likeness (QED) is 0.166. The van der Waals surface area contributed by atoms with Crippen molar-refractivity contribution in [3.63, 3.8) is 0 Å². The number of rotatable bonds is 4. The first-order valence-corrected chi connectivity index (χ1v) is 18.2. The third-order valence-corrected chi connectivity index (χ3v) is 11.0. The van der Waals surface area contributed by atoms with Gasteiger partial charge in [0.15, 0.2) is 0 Å². The van der Waals surface area contributed by atoms with Crippen molar-refractivity contribution in [2.45, 2.75) is 71.4 Å². The van der Waals surface area contributed by atoms with Gasteiger partial charge in [-0.25, -0.2) is 4.98 Å². The van der Waals surface area contributed by atoms with Crippen LogP contribution in [-0.4, -0.2) is 31.1 Å². The molecule has 0 spiro atoms. The number of hydrogen-bond acceptors (Lipinski definition) is 4. The maximum Gasteiger partial charge on any atom is 2.00 e. The van der Waals surface area contributed by atoms with Gasteiger partial charge in [0, 0.05) is 28.9 Å². The topological polar surface area (TPSA) is 57.2 Å². The summed E-state index contributed by atoms with van der Waals surface area (Å²) in [6.45, 7) is 13.4. The van der Waals surface area contributed by atoms with Gasteiger partial charge in [-0.1, -0.05) is 99.5 Å². The van der Waals surface area contributed by atoms with Crippen LogP contribution in [0.1, 0.15) is 80.0 Å². The second-order valence-electron chi connectivity index (χ2n) is 15.8. The molecule has 2 atom stereocenters. The average Bonchev–Trinajstić information content (AvgIpc) is 3.88. The molecule has 264 valence electrons. The number of aliphatic imine (C=N–C) groups is 1. The number of ether oxygens (including phenoxy) is 1. The van der Waals surface area contributed by atoms with Gasteiger partial charge in [-0.3, -0.25) is 4.99 Å². The van der Waals surface area contributed by atoms with Crippen molar-refractivity contribution in [2.75, 3.05) is 0 Å². The molecule has 53 heavy (non-hydrogen) atoms. The van der Waals surface area contributed by atoms with E-state index in [0.717, 1.165) is 61.7 Å². The predicted molar refractivity (Wildman–Crippen MR) is 210 cm³/mol. The Bertz CT molecular complexity index is 2800. The van der Waals surface area contributed by atoms with E-state index < -0.39 is 0 Å². The Morgan fingerprint density at radius 3 is 2.45 bits per heavy atom. The van der Waals surface area contributed by atoms with E-state index in [2.05, 4.69) is 136 Å². The number of aromatic nitrogens is 4. The summed E-state index contributed by atoms with van der Waals surface area (Å²) in [5.41, 5.74) is 13.1. The molecule has 0 radical (unpaired) electrons. The molecule has 0 bridgehead atoms. The molecule has 5 heterocycles. The van der Waals surface area contributed by atoms with Crippen molar-refractivity contribution in [1.82, 2.24) is 19.1 Å². The van der Waals surface area contributed by atoms with Crippen molar-refractivity contribution < 1.29 is 25.8 Å². The summed E-state index contributed by atoms with van der Waals surface area (Å²) in [6, 6.07) is 36.3. The normalized spacial score (nSPS) is 16.7. The van der Waals surface area contributed by atoms with Crippen LogP contribution in [0.5, 0.6) is 0 Å². The van der Waals surface area contributed by atoms with Gasteiger partial charge >= 0.3 is 21.1 Å². The zero-order valence-electron chi connectivity index (χ0n) is 30.6. The van der Waals surface area contributed by atoms with Crippen LogP contribution in [0.15, 0.2) is 102 Å². The summed E-state index contributed by atoms with van der Waals surface area (Å²) in [7, 11) is 0. The van der Waals surface area contributed by atoms with Crippen molar-refractivity contribution >= 4 is 49.6 Å². The van der Waals surface area contributed by atoms with Gasteiger partial charge in [-0.05, 0) is 88.1 Å². The van der Waals surface area contributed by atoms with E-state index in [1.807, 2.05) is 24.7 Å². The van der Waals surface area contributed by atoms with Crippen molar-refractivity contribution in [2.24, 2.45) is 4.99 Å². The second-order valence-corrected chi connectivity index (χ2v) is 15.8. The third kappa shape index (κ3) is 5.28. The summed E-state index contributed by atoms with van der Waals surface area (Å²) in [4.78, 5) is 14.7. The summed E-state index contributed by atoms with van der Waals surface area (Å²) in [5.74, 6) is 1.04. The Hall–Kier alpha value is -5.06. The summed E-state index contributed by atoms with van der Waals surface area (Å²) in [6.07, 6.45) is 6.40. The van der Waals surface area contributed by atoms with Crippen LogP contribution in [0.4, 0.5) is 0 Å². The van der Waals surface area contributed by atoms with Crippen LogP contribution in [0, 0.1) is 19.1 Å². The van der Waals surface area contributed by atoms with Gasteiger partial charge in [0.05, 0.1) is 5.52 Å². The fourth-order valence-corrected chi connectivity index (χ4v) is 8.26. The van der Waals surface area contributed by atoms with Crippen LogP contribution in [-0.2, 0) is 37.6 Å². The molecule has 0 saturated carbocycles. The van der Waals surface area contributed by atoms with Crippen molar-refractivity contribution in [3.8, 4) is 11.4 Å². The summed E-state index contributed by atoms with van der Waals surface area (Å²) >= 11 is 0. The molecule has 0 unspecified atom stereocenters. The molecule has 6 nitrogen and oxygen atoms in total. The maximum absolute atomic E-state index is 6.57. The number of benzene rings is 4. The minimum atomic E-state index is -0.0142. The number of aryl methyl sites for hydroxylation is 1. The van der Waals surface area contributed by atoms with E-state index in [4.69, 9.17) is 19.7 Å². The number of fused-ring (bicyclic) bond motifs is 9. The smallest absolute Gasteiger partial charge is 0.514 e. The predicted octanol–water partition coefficient (Wildman–Crippen LogP) is 10.4. The van der Waals surface area contributed by atoms with E-state index in [1.165, 1.54) is 33.2 Å². The second kappa shape index (κ2) is 12.2. The fraction of sp³-hybridized carbons (Fsp3) is 0.239. The molecule has 1 aliphatic carbocycles. The summed E-state index contributed by atoms with van der Waals surface area (Å²) in [5, 5.41) is 4.61. The van der Waals surface area contributed by atoms with Crippen molar-refractivity contribution in [3.05, 3.63) is 143 Å². The van der Waals surface area contributed by atoms with E-state index in [-0.39, 0.29) is 38.6 Å². The first kappa shape index (κ1) is 33.8. The van der Waals surface area contributed by atoms with Gasteiger partial charge in [0.1, 0.15) is 23.7 Å². The third-order valence-electron chi connectivity index (χ3n) is 11.0. The first-order valence-electron chi connectivity index (χ1n) is 18.2.